The molecule has 106 valence electrons. The molecular weight excluding hydrogens is 266 g/mol. The summed E-state index contributed by atoms with van der Waals surface area (Å²) >= 11 is 0. The molecule has 0 aliphatic heterocycles. The van der Waals surface area contributed by atoms with Gasteiger partial charge >= 0.3 is 0 Å². The van der Waals surface area contributed by atoms with E-state index in [0.717, 1.165) is 22.0 Å². The third-order valence-corrected chi connectivity index (χ3v) is 3.36. The quantitative estimate of drug-likeness (QED) is 0.799. The molecule has 0 unspecified atom stereocenters. The lowest BCUT2D eigenvalue weighted by atomic mass is 10.1. The molecule has 3 aromatic rings. The molecular formula is C16H15N3O2. The van der Waals surface area contributed by atoms with E-state index in [-0.39, 0.29) is 0 Å². The minimum atomic E-state index is 0.474. The van der Waals surface area contributed by atoms with Crippen LogP contribution in [-0.4, -0.2) is 24.2 Å². The molecule has 0 radical (unpaired) electrons. The zero-order chi connectivity index (χ0) is 14.8. The van der Waals surface area contributed by atoms with Gasteiger partial charge in [-0.05, 0) is 29.8 Å². The van der Waals surface area contributed by atoms with E-state index in [9.17, 15) is 0 Å². The van der Waals surface area contributed by atoms with Gasteiger partial charge < -0.3 is 15.2 Å². The summed E-state index contributed by atoms with van der Waals surface area (Å²) < 4.78 is 10.6. The van der Waals surface area contributed by atoms with Crippen LogP contribution >= 0.6 is 0 Å². The van der Waals surface area contributed by atoms with Gasteiger partial charge in [-0.3, -0.25) is 4.98 Å². The average Bonchev–Trinajstić information content (AvgIpc) is 2.54. The number of anilines is 1. The number of hydrogen-bond acceptors (Lipinski definition) is 5. The first kappa shape index (κ1) is 13.2. The van der Waals surface area contributed by atoms with Crippen LogP contribution in [0.3, 0.4) is 0 Å². The Balaban J connectivity index is 2.14. The number of methoxy groups -OCH3 is 2. The topological polar surface area (TPSA) is 70.3 Å². The zero-order valence-corrected chi connectivity index (χ0v) is 11.8. The van der Waals surface area contributed by atoms with Crippen molar-refractivity contribution in [2.24, 2.45) is 0 Å². The number of nitrogen functional groups attached to an aromatic ring is 1. The molecule has 1 aromatic carbocycles. The second kappa shape index (κ2) is 5.28. The maximum Gasteiger partial charge on any atom is 0.161 e. The first-order valence-electron chi connectivity index (χ1n) is 6.45. The summed E-state index contributed by atoms with van der Waals surface area (Å²) in [7, 11) is 3.23. The molecule has 0 spiro atoms. The Bertz CT molecular complexity index is 803. The van der Waals surface area contributed by atoms with Gasteiger partial charge in [0.05, 0.1) is 19.7 Å². The number of fused-ring (bicyclic) bond motifs is 1. The fourth-order valence-corrected chi connectivity index (χ4v) is 2.24. The standard InChI is InChI=1S/C16H15N3O2/c1-20-14-4-3-10(8-15(14)21-2)11-7-12-13(19-9-11)5-6-18-16(12)17/h3-9H,1-2H3,(H2,17,18). The highest BCUT2D eigenvalue weighted by Gasteiger charge is 2.08. The van der Waals surface area contributed by atoms with Crippen LogP contribution in [0.5, 0.6) is 11.5 Å². The predicted octanol–water partition coefficient (Wildman–Crippen LogP) is 2.90. The molecule has 0 amide bonds. The molecule has 5 heteroatoms. The Morgan fingerprint density at radius 1 is 0.905 bits per heavy atom. The van der Waals surface area contributed by atoms with Gasteiger partial charge in [-0.2, -0.15) is 0 Å². The van der Waals surface area contributed by atoms with Crippen molar-refractivity contribution in [1.82, 2.24) is 9.97 Å². The normalized spacial score (nSPS) is 10.6. The highest BCUT2D eigenvalue weighted by molar-refractivity contribution is 5.91. The van der Waals surface area contributed by atoms with E-state index < -0.39 is 0 Å². The van der Waals surface area contributed by atoms with Crippen LogP contribution in [0.2, 0.25) is 0 Å². The van der Waals surface area contributed by atoms with Crippen LogP contribution in [-0.2, 0) is 0 Å². The first-order valence-corrected chi connectivity index (χ1v) is 6.45. The maximum atomic E-state index is 5.91. The molecule has 3 rings (SSSR count). The molecule has 0 aliphatic carbocycles. The van der Waals surface area contributed by atoms with E-state index in [0.29, 0.717) is 17.3 Å². The minimum absolute atomic E-state index is 0.474. The molecule has 0 fully saturated rings. The lowest BCUT2D eigenvalue weighted by Gasteiger charge is -2.10. The van der Waals surface area contributed by atoms with Gasteiger partial charge in [0.15, 0.2) is 11.5 Å². The summed E-state index contributed by atoms with van der Waals surface area (Å²) in [6.45, 7) is 0. The summed E-state index contributed by atoms with van der Waals surface area (Å²) in [5.41, 5.74) is 8.66. The van der Waals surface area contributed by atoms with Gasteiger partial charge in [0.2, 0.25) is 0 Å². The van der Waals surface area contributed by atoms with E-state index >= 15 is 0 Å². The Morgan fingerprint density at radius 2 is 1.71 bits per heavy atom. The largest absolute Gasteiger partial charge is 0.493 e. The van der Waals surface area contributed by atoms with Crippen molar-refractivity contribution >= 4 is 16.7 Å². The number of nitrogens with zero attached hydrogens (tertiary/aromatic N) is 2. The molecule has 2 heterocycles. The third kappa shape index (κ3) is 2.33. The van der Waals surface area contributed by atoms with Crippen molar-refractivity contribution in [3.8, 4) is 22.6 Å². The van der Waals surface area contributed by atoms with E-state index in [4.69, 9.17) is 15.2 Å². The number of ether oxygens (including phenoxy) is 2. The number of rotatable bonds is 3. The average molecular weight is 281 g/mol. The van der Waals surface area contributed by atoms with Gasteiger partial charge in [0.25, 0.3) is 0 Å². The van der Waals surface area contributed by atoms with Gasteiger partial charge in [0, 0.05) is 23.3 Å². The smallest absolute Gasteiger partial charge is 0.161 e. The van der Waals surface area contributed by atoms with Crippen LogP contribution in [0.4, 0.5) is 5.82 Å². The van der Waals surface area contributed by atoms with Crippen molar-refractivity contribution in [3.05, 3.63) is 42.7 Å². The van der Waals surface area contributed by atoms with Crippen LogP contribution in [0.1, 0.15) is 0 Å². The molecule has 0 aliphatic rings. The molecule has 0 saturated carbocycles. The van der Waals surface area contributed by atoms with Crippen LogP contribution in [0.25, 0.3) is 22.0 Å². The SMILES string of the molecule is COc1ccc(-c2cnc3ccnc(N)c3c2)cc1OC. The van der Waals surface area contributed by atoms with Crippen LogP contribution < -0.4 is 15.2 Å². The molecule has 0 saturated heterocycles. The Labute approximate surface area is 122 Å². The lowest BCUT2D eigenvalue weighted by molar-refractivity contribution is 0.355. The fraction of sp³-hybridized carbons (Fsp3) is 0.125. The summed E-state index contributed by atoms with van der Waals surface area (Å²) in [5, 5.41) is 0.838. The number of hydrogen-bond donors (Lipinski definition) is 1. The van der Waals surface area contributed by atoms with Crippen molar-refractivity contribution < 1.29 is 9.47 Å². The predicted molar refractivity (Wildman–Crippen MR) is 82.5 cm³/mol. The summed E-state index contributed by atoms with van der Waals surface area (Å²) in [6.07, 6.45) is 3.46. The number of benzene rings is 1. The summed E-state index contributed by atoms with van der Waals surface area (Å²) in [5.74, 6) is 1.84. The number of aromatic nitrogens is 2. The fourth-order valence-electron chi connectivity index (χ4n) is 2.24. The van der Waals surface area contributed by atoms with Crippen LogP contribution in [0.15, 0.2) is 42.7 Å². The summed E-state index contributed by atoms with van der Waals surface area (Å²) in [4.78, 5) is 8.52. The van der Waals surface area contributed by atoms with Crippen LogP contribution in [0, 0.1) is 0 Å². The number of pyridine rings is 2. The highest BCUT2D eigenvalue weighted by Crippen LogP contribution is 2.33. The van der Waals surface area contributed by atoms with Gasteiger partial charge in [-0.25, -0.2) is 4.98 Å². The Kier molecular flexibility index (Phi) is 3.31. The first-order chi connectivity index (χ1) is 10.2. The molecule has 2 N–H and O–H groups in total. The Morgan fingerprint density at radius 3 is 2.48 bits per heavy atom. The maximum absolute atomic E-state index is 5.91. The molecule has 2 aromatic heterocycles. The van der Waals surface area contributed by atoms with Gasteiger partial charge in [-0.1, -0.05) is 6.07 Å². The van der Waals surface area contributed by atoms with Gasteiger partial charge in [-0.15, -0.1) is 0 Å². The van der Waals surface area contributed by atoms with E-state index in [1.165, 1.54) is 0 Å². The highest BCUT2D eigenvalue weighted by atomic mass is 16.5. The molecule has 5 nitrogen and oxygen atoms in total. The van der Waals surface area contributed by atoms with E-state index in [1.807, 2.05) is 36.5 Å². The monoisotopic (exact) mass is 281 g/mol. The zero-order valence-electron chi connectivity index (χ0n) is 11.8. The third-order valence-electron chi connectivity index (χ3n) is 3.36. The Hall–Kier alpha value is -2.82. The van der Waals surface area contributed by atoms with Crippen molar-refractivity contribution in [1.29, 1.82) is 0 Å². The van der Waals surface area contributed by atoms with E-state index in [1.54, 1.807) is 20.4 Å². The lowest BCUT2D eigenvalue weighted by Crippen LogP contribution is -1.94. The van der Waals surface area contributed by atoms with E-state index in [2.05, 4.69) is 9.97 Å². The summed E-state index contributed by atoms with van der Waals surface area (Å²) in [6, 6.07) is 9.55. The second-order valence-electron chi connectivity index (χ2n) is 4.56. The second-order valence-corrected chi connectivity index (χ2v) is 4.56. The molecule has 0 bridgehead atoms. The van der Waals surface area contributed by atoms with Gasteiger partial charge in [0.1, 0.15) is 5.82 Å². The minimum Gasteiger partial charge on any atom is -0.493 e. The number of nitrogens with two attached hydrogens (primary N) is 1. The van der Waals surface area contributed by atoms with Crippen molar-refractivity contribution in [2.75, 3.05) is 20.0 Å². The molecule has 21 heavy (non-hydrogen) atoms. The van der Waals surface area contributed by atoms with Crippen molar-refractivity contribution in [3.63, 3.8) is 0 Å². The van der Waals surface area contributed by atoms with Crippen molar-refractivity contribution in [2.45, 2.75) is 0 Å². The molecule has 0 atom stereocenters.